The van der Waals surface area contributed by atoms with Gasteiger partial charge in [0.2, 0.25) is 0 Å². The molecule has 0 aliphatic carbocycles. The van der Waals surface area contributed by atoms with E-state index in [1.807, 2.05) is 23.7 Å². The molecule has 0 saturated carbocycles. The first-order valence-electron chi connectivity index (χ1n) is 10.9. The number of nitriles is 1. The van der Waals surface area contributed by atoms with Gasteiger partial charge < -0.3 is 10.6 Å². The number of fused-ring (bicyclic) bond motifs is 3. The molecule has 2 N–H and O–H groups in total. The second-order valence-corrected chi connectivity index (χ2v) is 8.25. The Balaban J connectivity index is 1.54. The number of rotatable bonds is 4. The highest BCUT2D eigenvalue weighted by Gasteiger charge is 2.26. The minimum absolute atomic E-state index is 0.167. The molecular formula is C25H26N6. The first-order valence-corrected chi connectivity index (χ1v) is 10.9. The third-order valence-electron chi connectivity index (χ3n) is 6.23. The van der Waals surface area contributed by atoms with Gasteiger partial charge in [0, 0.05) is 24.3 Å². The lowest BCUT2D eigenvalue weighted by molar-refractivity contribution is 0.539. The molecule has 156 valence electrons. The van der Waals surface area contributed by atoms with E-state index >= 15 is 0 Å². The van der Waals surface area contributed by atoms with E-state index in [9.17, 15) is 0 Å². The molecule has 0 amide bonds. The summed E-state index contributed by atoms with van der Waals surface area (Å²) in [6, 6.07) is 17.4. The van der Waals surface area contributed by atoms with Gasteiger partial charge in [-0.25, -0.2) is 4.68 Å². The van der Waals surface area contributed by atoms with Crippen molar-refractivity contribution in [2.45, 2.75) is 38.8 Å². The molecule has 0 radical (unpaired) electrons. The maximum absolute atomic E-state index is 8.92. The van der Waals surface area contributed by atoms with Gasteiger partial charge in [-0.05, 0) is 66.8 Å². The molecule has 2 aliphatic rings. The lowest BCUT2D eigenvalue weighted by Gasteiger charge is -2.23. The van der Waals surface area contributed by atoms with E-state index in [1.54, 1.807) is 0 Å². The molecule has 0 spiro atoms. The fourth-order valence-corrected chi connectivity index (χ4v) is 4.61. The molecule has 1 unspecified atom stereocenters. The van der Waals surface area contributed by atoms with Crippen LogP contribution in [0.2, 0.25) is 0 Å². The third-order valence-corrected chi connectivity index (χ3v) is 6.23. The van der Waals surface area contributed by atoms with Gasteiger partial charge in [0.15, 0.2) is 0 Å². The molecule has 2 aromatic carbocycles. The summed E-state index contributed by atoms with van der Waals surface area (Å²) in [5, 5.41) is 24.8. The fraction of sp³-hybridized carbons (Fsp3) is 0.320. The van der Waals surface area contributed by atoms with Gasteiger partial charge in [-0.15, -0.1) is 5.10 Å². The van der Waals surface area contributed by atoms with Gasteiger partial charge in [0.05, 0.1) is 29.9 Å². The topological polar surface area (TPSA) is 78.6 Å². The molecule has 1 atom stereocenters. The molecule has 2 aliphatic heterocycles. The first-order chi connectivity index (χ1) is 15.2. The van der Waals surface area contributed by atoms with Crippen LogP contribution in [0.3, 0.4) is 0 Å². The number of hydrogen-bond acceptors (Lipinski definition) is 5. The van der Waals surface area contributed by atoms with Crippen LogP contribution in [0.1, 0.15) is 41.3 Å². The van der Waals surface area contributed by atoms with Crippen LogP contribution in [0.4, 0.5) is 5.69 Å². The van der Waals surface area contributed by atoms with Gasteiger partial charge in [0.25, 0.3) is 0 Å². The van der Waals surface area contributed by atoms with Crippen molar-refractivity contribution < 1.29 is 0 Å². The van der Waals surface area contributed by atoms with Crippen LogP contribution in [0.5, 0.6) is 0 Å². The van der Waals surface area contributed by atoms with E-state index in [0.717, 1.165) is 55.1 Å². The van der Waals surface area contributed by atoms with Crippen LogP contribution in [0, 0.1) is 18.3 Å². The molecule has 0 bridgehead atoms. The van der Waals surface area contributed by atoms with Crippen LogP contribution >= 0.6 is 0 Å². The largest absolute Gasteiger partial charge is 0.378 e. The van der Waals surface area contributed by atoms with Crippen LogP contribution in [-0.4, -0.2) is 28.1 Å². The van der Waals surface area contributed by atoms with Crippen molar-refractivity contribution in [3.63, 3.8) is 0 Å². The number of aromatic nitrogens is 3. The summed E-state index contributed by atoms with van der Waals surface area (Å²) in [5.41, 5.74) is 9.41. The molecule has 3 aromatic rings. The summed E-state index contributed by atoms with van der Waals surface area (Å²) in [6.07, 6.45) is 4.71. The van der Waals surface area contributed by atoms with Crippen molar-refractivity contribution >= 4 is 11.3 Å². The molecule has 5 rings (SSSR count). The van der Waals surface area contributed by atoms with Crippen LogP contribution in [0.25, 0.3) is 16.8 Å². The minimum Gasteiger partial charge on any atom is -0.378 e. The highest BCUT2D eigenvalue weighted by Crippen LogP contribution is 2.38. The Morgan fingerprint density at radius 2 is 2.10 bits per heavy atom. The lowest BCUT2D eigenvalue weighted by atomic mass is 9.90. The Bertz CT molecular complexity index is 1170. The van der Waals surface area contributed by atoms with E-state index in [-0.39, 0.29) is 6.04 Å². The molecule has 1 aromatic heterocycles. The fourth-order valence-electron chi connectivity index (χ4n) is 4.61. The van der Waals surface area contributed by atoms with Crippen LogP contribution < -0.4 is 10.6 Å². The van der Waals surface area contributed by atoms with E-state index in [1.165, 1.54) is 22.3 Å². The summed E-state index contributed by atoms with van der Waals surface area (Å²) in [7, 11) is 0. The maximum atomic E-state index is 8.92. The quantitative estimate of drug-likeness (QED) is 0.672. The van der Waals surface area contributed by atoms with Gasteiger partial charge in [-0.2, -0.15) is 5.26 Å². The standard InChI is InChI=1S/C25H26N6/c1-17-25-22-7-4-20(19-9-13-27-14-10-19)16-23(22)24(11-15-31(25)30-29-17)28-21-5-2-18(3-6-21)8-12-26/h2-7,9,16,24,27-28H,8,10-11,13-15H2,1H3. The van der Waals surface area contributed by atoms with E-state index in [4.69, 9.17) is 5.26 Å². The van der Waals surface area contributed by atoms with E-state index < -0.39 is 0 Å². The number of hydrogen-bond donors (Lipinski definition) is 2. The Labute approximate surface area is 182 Å². The average Bonchev–Trinajstić information content (AvgIpc) is 3.10. The van der Waals surface area contributed by atoms with Crippen molar-refractivity contribution in [1.29, 1.82) is 5.26 Å². The van der Waals surface area contributed by atoms with Crippen molar-refractivity contribution in [3.8, 4) is 17.3 Å². The molecule has 3 heterocycles. The van der Waals surface area contributed by atoms with Crippen molar-refractivity contribution in [2.75, 3.05) is 18.4 Å². The van der Waals surface area contributed by atoms with Gasteiger partial charge in [0.1, 0.15) is 0 Å². The highest BCUT2D eigenvalue weighted by molar-refractivity contribution is 5.74. The maximum Gasteiger partial charge on any atom is 0.0918 e. The molecule has 6 heteroatoms. The number of aryl methyl sites for hydroxylation is 2. The second kappa shape index (κ2) is 8.37. The lowest BCUT2D eigenvalue weighted by Crippen LogP contribution is -2.20. The Kier molecular flexibility index (Phi) is 5.27. The zero-order chi connectivity index (χ0) is 21.2. The monoisotopic (exact) mass is 410 g/mol. The predicted octanol–water partition coefficient (Wildman–Crippen LogP) is 4.25. The van der Waals surface area contributed by atoms with E-state index in [2.05, 4.69) is 63.4 Å². The minimum atomic E-state index is 0.167. The number of nitrogens with one attached hydrogen (secondary N) is 2. The Morgan fingerprint density at radius 1 is 1.23 bits per heavy atom. The molecular weight excluding hydrogens is 384 g/mol. The zero-order valence-corrected chi connectivity index (χ0v) is 17.7. The van der Waals surface area contributed by atoms with Crippen molar-refractivity contribution in [3.05, 3.63) is 70.9 Å². The summed E-state index contributed by atoms with van der Waals surface area (Å²) < 4.78 is 2.04. The van der Waals surface area contributed by atoms with E-state index in [0.29, 0.717) is 6.42 Å². The highest BCUT2D eigenvalue weighted by atomic mass is 15.4. The molecule has 0 saturated heterocycles. The first kappa shape index (κ1) is 19.5. The normalized spacial score (nSPS) is 17.7. The SMILES string of the molecule is Cc1nnn2c1-c1ccc(C3=CCNCC3)cc1C(Nc1ccc(CC#N)cc1)CC2. The smallest absolute Gasteiger partial charge is 0.0918 e. The number of nitrogens with zero attached hydrogens (tertiary/aromatic N) is 4. The average molecular weight is 411 g/mol. The Hall–Kier alpha value is -3.43. The van der Waals surface area contributed by atoms with Gasteiger partial charge in [-0.3, -0.25) is 0 Å². The third kappa shape index (κ3) is 3.85. The van der Waals surface area contributed by atoms with Crippen molar-refractivity contribution in [2.24, 2.45) is 0 Å². The number of benzene rings is 2. The molecule has 6 nitrogen and oxygen atoms in total. The van der Waals surface area contributed by atoms with Crippen molar-refractivity contribution in [1.82, 2.24) is 20.3 Å². The second-order valence-electron chi connectivity index (χ2n) is 8.25. The van der Waals surface area contributed by atoms with Gasteiger partial charge >= 0.3 is 0 Å². The summed E-state index contributed by atoms with van der Waals surface area (Å²) in [6.45, 7) is 4.80. The molecule has 0 fully saturated rings. The summed E-state index contributed by atoms with van der Waals surface area (Å²) in [5.74, 6) is 0. The van der Waals surface area contributed by atoms with Crippen LogP contribution in [-0.2, 0) is 13.0 Å². The Morgan fingerprint density at radius 3 is 2.87 bits per heavy atom. The summed E-state index contributed by atoms with van der Waals surface area (Å²) in [4.78, 5) is 0. The molecule has 31 heavy (non-hydrogen) atoms. The summed E-state index contributed by atoms with van der Waals surface area (Å²) >= 11 is 0. The zero-order valence-electron chi connectivity index (χ0n) is 17.7. The number of anilines is 1. The van der Waals surface area contributed by atoms with Gasteiger partial charge in [-0.1, -0.05) is 35.6 Å². The predicted molar refractivity (Wildman–Crippen MR) is 122 cm³/mol. The van der Waals surface area contributed by atoms with Crippen LogP contribution in [0.15, 0.2) is 48.5 Å².